The number of benzene rings is 2. The van der Waals surface area contributed by atoms with Crippen LogP contribution in [0.2, 0.25) is 5.02 Å². The average molecular weight is 298 g/mol. The van der Waals surface area contributed by atoms with Crippen LogP contribution in [0.15, 0.2) is 48.5 Å². The normalized spacial score (nSPS) is 12.6. The van der Waals surface area contributed by atoms with E-state index in [2.05, 4.69) is 5.32 Å². The van der Waals surface area contributed by atoms with E-state index in [0.717, 1.165) is 11.1 Å². The third-order valence-electron chi connectivity index (χ3n) is 2.91. The smallest absolute Gasteiger partial charge is 0.250 e. The van der Waals surface area contributed by atoms with E-state index in [-0.39, 0.29) is 11.8 Å². The lowest BCUT2D eigenvalue weighted by Gasteiger charge is -2.20. The van der Waals surface area contributed by atoms with Gasteiger partial charge in [-0.25, -0.2) is 8.78 Å². The average Bonchev–Trinajstić information content (AvgIpc) is 2.42. The first-order valence-electron chi connectivity index (χ1n) is 6.12. The molecule has 0 aliphatic heterocycles. The summed E-state index contributed by atoms with van der Waals surface area (Å²) in [4.78, 5) is 0. The highest BCUT2D eigenvalue weighted by atomic mass is 35.5. The number of alkyl halides is 2. The largest absolute Gasteiger partial charge is 0.508 e. The van der Waals surface area contributed by atoms with Crippen LogP contribution in [0.3, 0.4) is 0 Å². The van der Waals surface area contributed by atoms with Gasteiger partial charge in [0.05, 0.1) is 12.6 Å². The molecule has 2 aromatic rings. The minimum Gasteiger partial charge on any atom is -0.508 e. The molecule has 0 aliphatic carbocycles. The predicted octanol–water partition coefficient (Wildman–Crippen LogP) is 3.99. The maximum atomic E-state index is 12.4. The van der Waals surface area contributed by atoms with Crippen molar-refractivity contribution in [2.45, 2.75) is 12.5 Å². The molecule has 1 unspecified atom stereocenters. The van der Waals surface area contributed by atoms with Crippen LogP contribution in [-0.4, -0.2) is 18.1 Å². The lowest BCUT2D eigenvalue weighted by molar-refractivity contribution is 0.143. The fraction of sp³-hybridized carbons (Fsp3) is 0.200. The van der Waals surface area contributed by atoms with E-state index in [1.165, 1.54) is 12.1 Å². The number of phenols is 1. The van der Waals surface area contributed by atoms with Crippen LogP contribution in [-0.2, 0) is 0 Å². The quantitative estimate of drug-likeness (QED) is 0.874. The molecule has 0 spiro atoms. The van der Waals surface area contributed by atoms with Gasteiger partial charge in [0, 0.05) is 5.02 Å². The first kappa shape index (κ1) is 14.8. The molecular formula is C15H14ClF2NO. The van der Waals surface area contributed by atoms with E-state index in [0.29, 0.717) is 5.02 Å². The van der Waals surface area contributed by atoms with Gasteiger partial charge >= 0.3 is 0 Å². The van der Waals surface area contributed by atoms with Crippen LogP contribution >= 0.6 is 11.6 Å². The van der Waals surface area contributed by atoms with Crippen molar-refractivity contribution in [1.29, 1.82) is 0 Å². The van der Waals surface area contributed by atoms with Gasteiger partial charge in [-0.3, -0.25) is 0 Å². The topological polar surface area (TPSA) is 32.3 Å². The molecule has 0 amide bonds. The number of aromatic hydroxyl groups is 1. The molecule has 0 aromatic heterocycles. The molecule has 0 heterocycles. The van der Waals surface area contributed by atoms with Gasteiger partial charge in [-0.1, -0.05) is 35.9 Å². The van der Waals surface area contributed by atoms with E-state index in [1.807, 2.05) is 0 Å². The van der Waals surface area contributed by atoms with Crippen LogP contribution in [0.25, 0.3) is 0 Å². The number of hydrogen-bond acceptors (Lipinski definition) is 2. The monoisotopic (exact) mass is 297 g/mol. The van der Waals surface area contributed by atoms with E-state index in [1.54, 1.807) is 36.4 Å². The van der Waals surface area contributed by atoms with E-state index in [4.69, 9.17) is 11.6 Å². The molecule has 106 valence electrons. The number of halogens is 3. The lowest BCUT2D eigenvalue weighted by atomic mass is 9.98. The summed E-state index contributed by atoms with van der Waals surface area (Å²) in [5, 5.41) is 12.7. The second-order valence-electron chi connectivity index (χ2n) is 4.38. The number of hydrogen-bond donors (Lipinski definition) is 2. The molecule has 2 nitrogen and oxygen atoms in total. The van der Waals surface area contributed by atoms with Crippen LogP contribution in [0.4, 0.5) is 8.78 Å². The van der Waals surface area contributed by atoms with Gasteiger partial charge in [0.15, 0.2) is 0 Å². The summed E-state index contributed by atoms with van der Waals surface area (Å²) in [6.07, 6.45) is -2.43. The predicted molar refractivity (Wildman–Crippen MR) is 75.4 cm³/mol. The molecule has 20 heavy (non-hydrogen) atoms. The zero-order chi connectivity index (χ0) is 14.5. The van der Waals surface area contributed by atoms with Crippen molar-refractivity contribution in [3.05, 3.63) is 64.7 Å². The molecular weight excluding hydrogens is 284 g/mol. The van der Waals surface area contributed by atoms with Crippen LogP contribution in [0.5, 0.6) is 5.75 Å². The Labute approximate surface area is 121 Å². The van der Waals surface area contributed by atoms with Gasteiger partial charge in [-0.05, 0) is 35.4 Å². The summed E-state index contributed by atoms with van der Waals surface area (Å²) in [6.45, 7) is -0.409. The van der Waals surface area contributed by atoms with Gasteiger partial charge in [-0.15, -0.1) is 0 Å². The Morgan fingerprint density at radius 2 is 1.45 bits per heavy atom. The molecule has 0 aliphatic rings. The summed E-state index contributed by atoms with van der Waals surface area (Å²) < 4.78 is 24.9. The standard InChI is InChI=1S/C15H14ClF2NO/c16-12-5-1-10(2-6-12)15(19-9-14(17)18)11-3-7-13(20)8-4-11/h1-8,14-15,19-20H,9H2. The zero-order valence-electron chi connectivity index (χ0n) is 10.6. The second-order valence-corrected chi connectivity index (χ2v) is 4.81. The summed E-state index contributed by atoms with van der Waals surface area (Å²) in [5.41, 5.74) is 1.63. The Morgan fingerprint density at radius 1 is 0.950 bits per heavy atom. The van der Waals surface area contributed by atoms with Gasteiger partial charge in [0.25, 0.3) is 6.43 Å². The van der Waals surface area contributed by atoms with Gasteiger partial charge in [-0.2, -0.15) is 0 Å². The molecule has 0 radical (unpaired) electrons. The third kappa shape index (κ3) is 3.92. The zero-order valence-corrected chi connectivity index (χ0v) is 11.3. The second kappa shape index (κ2) is 6.68. The fourth-order valence-corrected chi connectivity index (χ4v) is 2.08. The van der Waals surface area contributed by atoms with E-state index < -0.39 is 13.0 Å². The molecule has 5 heteroatoms. The van der Waals surface area contributed by atoms with Crippen LogP contribution in [0, 0.1) is 0 Å². The van der Waals surface area contributed by atoms with E-state index in [9.17, 15) is 13.9 Å². The first-order valence-corrected chi connectivity index (χ1v) is 6.50. The minimum absolute atomic E-state index is 0.137. The SMILES string of the molecule is Oc1ccc(C(NCC(F)F)c2ccc(Cl)cc2)cc1. The van der Waals surface area contributed by atoms with Crippen molar-refractivity contribution in [2.24, 2.45) is 0 Å². The van der Waals surface area contributed by atoms with Gasteiger partial charge in [0.2, 0.25) is 0 Å². The molecule has 2 rings (SSSR count). The number of rotatable bonds is 5. The van der Waals surface area contributed by atoms with Crippen molar-refractivity contribution in [3.8, 4) is 5.75 Å². The first-order chi connectivity index (χ1) is 9.56. The Bertz CT molecular complexity index is 497. The Morgan fingerprint density at radius 3 is 1.95 bits per heavy atom. The Hall–Kier alpha value is -1.65. The van der Waals surface area contributed by atoms with E-state index >= 15 is 0 Å². The van der Waals surface area contributed by atoms with Gasteiger partial charge < -0.3 is 10.4 Å². The molecule has 0 fully saturated rings. The fourth-order valence-electron chi connectivity index (χ4n) is 1.96. The van der Waals surface area contributed by atoms with Crippen LogP contribution in [0.1, 0.15) is 17.2 Å². The molecule has 0 saturated carbocycles. The van der Waals surface area contributed by atoms with Crippen molar-refractivity contribution in [1.82, 2.24) is 5.32 Å². The van der Waals surface area contributed by atoms with Gasteiger partial charge in [0.1, 0.15) is 5.75 Å². The Kier molecular flexibility index (Phi) is 4.93. The molecule has 1 atom stereocenters. The molecule has 0 saturated heterocycles. The lowest BCUT2D eigenvalue weighted by Crippen LogP contribution is -2.27. The minimum atomic E-state index is -2.43. The van der Waals surface area contributed by atoms with Crippen LogP contribution < -0.4 is 5.32 Å². The number of phenolic OH excluding ortho intramolecular Hbond substituents is 1. The van der Waals surface area contributed by atoms with Crippen molar-refractivity contribution < 1.29 is 13.9 Å². The molecule has 0 bridgehead atoms. The maximum Gasteiger partial charge on any atom is 0.250 e. The molecule has 2 N–H and O–H groups in total. The van der Waals surface area contributed by atoms with Crippen molar-refractivity contribution >= 4 is 11.6 Å². The Balaban J connectivity index is 2.28. The highest BCUT2D eigenvalue weighted by Gasteiger charge is 2.15. The summed E-state index contributed by atoms with van der Waals surface area (Å²) in [7, 11) is 0. The van der Waals surface area contributed by atoms with Crippen molar-refractivity contribution in [3.63, 3.8) is 0 Å². The van der Waals surface area contributed by atoms with Crippen molar-refractivity contribution in [2.75, 3.05) is 6.54 Å². The highest BCUT2D eigenvalue weighted by Crippen LogP contribution is 2.25. The maximum absolute atomic E-state index is 12.4. The highest BCUT2D eigenvalue weighted by molar-refractivity contribution is 6.30. The number of nitrogens with one attached hydrogen (secondary N) is 1. The summed E-state index contributed by atoms with van der Waals surface area (Å²) in [6, 6.07) is 13.1. The molecule has 2 aromatic carbocycles. The third-order valence-corrected chi connectivity index (χ3v) is 3.16. The summed E-state index contributed by atoms with van der Waals surface area (Å²) >= 11 is 5.84. The summed E-state index contributed by atoms with van der Waals surface area (Å²) in [5.74, 6) is 0.137.